The molecule has 0 unspecified atom stereocenters. The smallest absolute Gasteiger partial charge is 0.130 e. The van der Waals surface area contributed by atoms with Crippen LogP contribution in [0.5, 0.6) is 5.75 Å². The Morgan fingerprint density at radius 1 is 0.962 bits per heavy atom. The third-order valence-corrected chi connectivity index (χ3v) is 4.16. The van der Waals surface area contributed by atoms with Crippen LogP contribution in [0.15, 0.2) is 79.0 Å². The Morgan fingerprint density at radius 3 is 2.38 bits per heavy atom. The molecule has 0 aliphatic heterocycles. The fourth-order valence-corrected chi connectivity index (χ4v) is 2.78. The summed E-state index contributed by atoms with van der Waals surface area (Å²) < 4.78 is 5.76. The summed E-state index contributed by atoms with van der Waals surface area (Å²) in [5, 5.41) is 10.3. The fraction of sp³-hybridized carbons (Fsp3) is 0.227. The molecule has 3 aromatic rings. The number of likely N-dealkylation sites (N-methyl/N-ethyl adjacent to an activating group) is 1. The SMILES string of the molecule is CN(Cc1ccc(OCc2ccccn2)cc1)C[C@@H](O)c1ccccc1. The number of hydrogen-bond donors (Lipinski definition) is 1. The molecule has 2 aromatic carbocycles. The van der Waals surface area contributed by atoms with Crippen molar-refractivity contribution in [1.82, 2.24) is 9.88 Å². The molecule has 1 atom stereocenters. The molecule has 3 rings (SSSR count). The Bertz CT molecular complexity index is 776. The number of hydrogen-bond acceptors (Lipinski definition) is 4. The minimum absolute atomic E-state index is 0.462. The molecule has 0 spiro atoms. The number of pyridine rings is 1. The summed E-state index contributed by atoms with van der Waals surface area (Å²) in [6.07, 6.45) is 1.28. The van der Waals surface area contributed by atoms with Crippen molar-refractivity contribution < 1.29 is 9.84 Å². The van der Waals surface area contributed by atoms with E-state index in [1.807, 2.05) is 67.7 Å². The predicted octanol–water partition coefficient (Wildman–Crippen LogP) is 3.83. The predicted molar refractivity (Wildman–Crippen MR) is 103 cm³/mol. The molecule has 4 heteroatoms. The van der Waals surface area contributed by atoms with Gasteiger partial charge in [-0.15, -0.1) is 0 Å². The highest BCUT2D eigenvalue weighted by molar-refractivity contribution is 5.27. The van der Waals surface area contributed by atoms with Crippen LogP contribution >= 0.6 is 0 Å². The van der Waals surface area contributed by atoms with E-state index in [0.29, 0.717) is 13.2 Å². The third kappa shape index (κ3) is 5.41. The topological polar surface area (TPSA) is 45.6 Å². The zero-order valence-electron chi connectivity index (χ0n) is 15.0. The maximum atomic E-state index is 10.3. The van der Waals surface area contributed by atoms with Crippen molar-refractivity contribution in [3.05, 3.63) is 95.8 Å². The molecule has 0 aliphatic rings. The summed E-state index contributed by atoms with van der Waals surface area (Å²) in [5.41, 5.74) is 3.03. The standard InChI is InChI=1S/C22H24N2O2/c1-24(16-22(25)19-7-3-2-4-8-19)15-18-10-12-21(13-11-18)26-17-20-9-5-6-14-23-20/h2-14,22,25H,15-17H2,1H3/t22-/m1/s1. The molecule has 0 aliphatic carbocycles. The second kappa shape index (κ2) is 9.13. The lowest BCUT2D eigenvalue weighted by molar-refractivity contribution is 0.124. The van der Waals surface area contributed by atoms with Crippen molar-refractivity contribution in [1.29, 1.82) is 0 Å². The summed E-state index contributed by atoms with van der Waals surface area (Å²) in [6, 6.07) is 23.6. The van der Waals surface area contributed by atoms with Crippen molar-refractivity contribution in [3.8, 4) is 5.75 Å². The van der Waals surface area contributed by atoms with Gasteiger partial charge in [-0.25, -0.2) is 0 Å². The van der Waals surface area contributed by atoms with E-state index in [4.69, 9.17) is 4.74 Å². The van der Waals surface area contributed by atoms with Crippen LogP contribution in [0, 0.1) is 0 Å². The quantitative estimate of drug-likeness (QED) is 0.672. The van der Waals surface area contributed by atoms with E-state index in [-0.39, 0.29) is 0 Å². The molecule has 0 radical (unpaired) electrons. The molecule has 0 amide bonds. The first kappa shape index (κ1) is 18.1. The average molecular weight is 348 g/mol. The van der Waals surface area contributed by atoms with Gasteiger partial charge in [0.1, 0.15) is 12.4 Å². The first-order valence-corrected chi connectivity index (χ1v) is 8.74. The number of benzene rings is 2. The Morgan fingerprint density at radius 2 is 1.69 bits per heavy atom. The van der Waals surface area contributed by atoms with Crippen LogP contribution in [0.25, 0.3) is 0 Å². The summed E-state index contributed by atoms with van der Waals surface area (Å²) in [4.78, 5) is 6.36. The number of aromatic nitrogens is 1. The maximum absolute atomic E-state index is 10.3. The molecule has 1 N–H and O–H groups in total. The van der Waals surface area contributed by atoms with Crippen molar-refractivity contribution in [2.75, 3.05) is 13.6 Å². The van der Waals surface area contributed by atoms with E-state index in [1.54, 1.807) is 6.20 Å². The molecule has 1 aromatic heterocycles. The minimum Gasteiger partial charge on any atom is -0.487 e. The van der Waals surface area contributed by atoms with Gasteiger partial charge in [0.15, 0.2) is 0 Å². The van der Waals surface area contributed by atoms with Crippen LogP contribution in [0.1, 0.15) is 22.9 Å². The van der Waals surface area contributed by atoms with Gasteiger partial charge in [0.2, 0.25) is 0 Å². The normalized spacial score (nSPS) is 12.1. The molecule has 26 heavy (non-hydrogen) atoms. The highest BCUT2D eigenvalue weighted by Crippen LogP contribution is 2.17. The lowest BCUT2D eigenvalue weighted by Gasteiger charge is -2.21. The molecule has 4 nitrogen and oxygen atoms in total. The van der Waals surface area contributed by atoms with Crippen molar-refractivity contribution in [2.45, 2.75) is 19.3 Å². The van der Waals surface area contributed by atoms with E-state index in [0.717, 1.165) is 23.6 Å². The summed E-state index contributed by atoms with van der Waals surface area (Å²) in [6.45, 7) is 1.82. The monoisotopic (exact) mass is 348 g/mol. The molecule has 0 bridgehead atoms. The highest BCUT2D eigenvalue weighted by Gasteiger charge is 2.10. The van der Waals surface area contributed by atoms with E-state index in [2.05, 4.69) is 22.0 Å². The number of nitrogens with zero attached hydrogens (tertiary/aromatic N) is 2. The van der Waals surface area contributed by atoms with Crippen LogP contribution in [0.4, 0.5) is 0 Å². The van der Waals surface area contributed by atoms with Gasteiger partial charge in [-0.2, -0.15) is 0 Å². The van der Waals surface area contributed by atoms with E-state index in [9.17, 15) is 5.11 Å². The molecular formula is C22H24N2O2. The summed E-state index contributed by atoms with van der Waals surface area (Å²) in [7, 11) is 2.01. The van der Waals surface area contributed by atoms with E-state index < -0.39 is 6.10 Å². The lowest BCUT2D eigenvalue weighted by Crippen LogP contribution is -2.24. The number of rotatable bonds is 8. The third-order valence-electron chi connectivity index (χ3n) is 4.16. The molecular weight excluding hydrogens is 324 g/mol. The zero-order valence-corrected chi connectivity index (χ0v) is 15.0. The first-order valence-electron chi connectivity index (χ1n) is 8.74. The van der Waals surface area contributed by atoms with Gasteiger partial charge in [-0.3, -0.25) is 9.88 Å². The van der Waals surface area contributed by atoms with Gasteiger partial charge in [0, 0.05) is 19.3 Å². The van der Waals surface area contributed by atoms with Crippen LogP contribution < -0.4 is 4.74 Å². The summed E-state index contributed by atoms with van der Waals surface area (Å²) >= 11 is 0. The molecule has 0 saturated carbocycles. The Labute approximate surface area is 154 Å². The van der Waals surface area contributed by atoms with E-state index in [1.165, 1.54) is 5.56 Å². The summed E-state index contributed by atoms with van der Waals surface area (Å²) in [5.74, 6) is 0.825. The second-order valence-electron chi connectivity index (χ2n) is 6.38. The van der Waals surface area contributed by atoms with Crippen molar-refractivity contribution in [2.24, 2.45) is 0 Å². The molecule has 0 fully saturated rings. The fourth-order valence-electron chi connectivity index (χ4n) is 2.78. The minimum atomic E-state index is -0.484. The van der Waals surface area contributed by atoms with Crippen LogP contribution in [-0.4, -0.2) is 28.6 Å². The average Bonchev–Trinajstić information content (AvgIpc) is 2.69. The molecule has 1 heterocycles. The highest BCUT2D eigenvalue weighted by atomic mass is 16.5. The van der Waals surface area contributed by atoms with Crippen LogP contribution in [0.2, 0.25) is 0 Å². The van der Waals surface area contributed by atoms with Gasteiger partial charge in [-0.1, -0.05) is 48.5 Å². The van der Waals surface area contributed by atoms with Gasteiger partial charge < -0.3 is 9.84 Å². The van der Waals surface area contributed by atoms with Gasteiger partial charge >= 0.3 is 0 Å². The van der Waals surface area contributed by atoms with Crippen LogP contribution in [-0.2, 0) is 13.2 Å². The largest absolute Gasteiger partial charge is 0.487 e. The maximum Gasteiger partial charge on any atom is 0.130 e. The molecule has 134 valence electrons. The number of ether oxygens (including phenoxy) is 1. The Kier molecular flexibility index (Phi) is 6.36. The van der Waals surface area contributed by atoms with Gasteiger partial charge in [0.25, 0.3) is 0 Å². The van der Waals surface area contributed by atoms with Gasteiger partial charge in [-0.05, 0) is 42.4 Å². The lowest BCUT2D eigenvalue weighted by atomic mass is 10.1. The first-order chi connectivity index (χ1) is 12.7. The second-order valence-corrected chi connectivity index (χ2v) is 6.38. The van der Waals surface area contributed by atoms with Crippen molar-refractivity contribution >= 4 is 0 Å². The zero-order chi connectivity index (χ0) is 18.2. The number of aliphatic hydroxyl groups is 1. The number of aliphatic hydroxyl groups excluding tert-OH is 1. The van der Waals surface area contributed by atoms with Crippen molar-refractivity contribution in [3.63, 3.8) is 0 Å². The molecule has 0 saturated heterocycles. The van der Waals surface area contributed by atoms with Crippen LogP contribution in [0.3, 0.4) is 0 Å². The van der Waals surface area contributed by atoms with Gasteiger partial charge in [0.05, 0.1) is 11.8 Å². The van der Waals surface area contributed by atoms with E-state index >= 15 is 0 Å². The Hall–Kier alpha value is -2.69. The Balaban J connectivity index is 1.49.